The second kappa shape index (κ2) is 28.1. The molecule has 3 amide bonds. The summed E-state index contributed by atoms with van der Waals surface area (Å²) < 4.78 is 5.98. The maximum Gasteiger partial charge on any atom is 1.00 e. The molecule has 5 fully saturated rings. The average Bonchev–Trinajstić information content (AvgIpc) is 1.55. The SMILES string of the molecule is Cc1cc(Nc2ncnc(N)c2C)cc2c1C(C)(C)NC21CCCCC1.Cc1cc(Nc2ncnc(NC(=O)C3CC3)c2C)cc2c1C(C)(C)N(C(=O)OC(C)(C)C)C21CCCCC1.Cc1cc(Nc2ncnc(NC(=O)C3CC3)c2C)cc2c1C(C)(C)NC21CCCCC1.[K+].[OH-]. The molecule has 0 saturated heterocycles. The number of carbonyl (C=O) groups is 3. The van der Waals surface area contributed by atoms with Crippen LogP contribution in [0.5, 0.6) is 0 Å². The van der Waals surface area contributed by atoms with Crippen LogP contribution in [0.3, 0.4) is 0 Å². The Morgan fingerprint density at radius 2 is 0.845 bits per heavy atom. The van der Waals surface area contributed by atoms with E-state index in [1.165, 1.54) is 134 Å². The van der Waals surface area contributed by atoms with Crippen LogP contribution in [0.15, 0.2) is 55.4 Å². The Bertz CT molecular complexity index is 3970. The van der Waals surface area contributed by atoms with E-state index < -0.39 is 16.7 Å². The van der Waals surface area contributed by atoms with Gasteiger partial charge in [0.2, 0.25) is 11.8 Å². The molecule has 3 aromatic carbocycles. The van der Waals surface area contributed by atoms with E-state index in [0.29, 0.717) is 23.3 Å². The Hall–Kier alpha value is -6.17. The summed E-state index contributed by atoms with van der Waals surface area (Å²) in [5.74, 6) is 4.16. The summed E-state index contributed by atoms with van der Waals surface area (Å²) >= 11 is 0. The molecule has 3 aliphatic heterocycles. The fourth-order valence-electron chi connectivity index (χ4n) is 17.4. The molecule has 20 nitrogen and oxygen atoms in total. The predicted molar refractivity (Wildman–Crippen MR) is 380 cm³/mol. The van der Waals surface area contributed by atoms with Crippen LogP contribution in [0.2, 0.25) is 0 Å². The largest absolute Gasteiger partial charge is 1.00 e. The molecule has 5 aliphatic carbocycles. The molecule has 8 aliphatic rings. The smallest absolute Gasteiger partial charge is 0.870 e. The van der Waals surface area contributed by atoms with Crippen molar-refractivity contribution in [3.8, 4) is 0 Å². The molecule has 0 bridgehead atoms. The number of nitrogens with one attached hydrogen (secondary N) is 7. The van der Waals surface area contributed by atoms with Gasteiger partial charge in [-0.15, -0.1) is 0 Å². The van der Waals surface area contributed by atoms with Crippen LogP contribution >= 0.6 is 0 Å². The number of aryl methyl sites for hydroxylation is 3. The van der Waals surface area contributed by atoms with Crippen LogP contribution in [0, 0.1) is 53.4 Å². The van der Waals surface area contributed by atoms with Gasteiger partial charge in [-0.25, -0.2) is 34.7 Å². The number of benzene rings is 3. The summed E-state index contributed by atoms with van der Waals surface area (Å²) in [4.78, 5) is 66.3. The molecule has 97 heavy (non-hydrogen) atoms. The maximum absolute atomic E-state index is 13.8. The van der Waals surface area contributed by atoms with E-state index in [4.69, 9.17) is 10.5 Å². The monoisotopic (exact) mass is 1350 g/mol. The molecule has 6 heterocycles. The summed E-state index contributed by atoms with van der Waals surface area (Å²) in [6.07, 6.45) is 25.8. The van der Waals surface area contributed by atoms with Crippen LogP contribution in [-0.2, 0) is 47.6 Å². The van der Waals surface area contributed by atoms with E-state index in [-0.39, 0.29) is 109 Å². The van der Waals surface area contributed by atoms with Gasteiger partial charge in [0.05, 0.1) is 11.1 Å². The third kappa shape index (κ3) is 14.7. The molecular formula is C76H104KN15O5. The quantitative estimate of drug-likeness (QED) is 0.0592. The van der Waals surface area contributed by atoms with Crippen molar-refractivity contribution in [2.75, 3.05) is 32.3 Å². The predicted octanol–water partition coefficient (Wildman–Crippen LogP) is 13.3. The van der Waals surface area contributed by atoms with E-state index in [2.05, 4.69) is 166 Å². The van der Waals surface area contributed by atoms with Gasteiger partial charge < -0.3 is 42.5 Å². The van der Waals surface area contributed by atoms with Crippen molar-refractivity contribution in [2.24, 2.45) is 11.8 Å². The molecule has 0 unspecified atom stereocenters. The van der Waals surface area contributed by atoms with Gasteiger partial charge >= 0.3 is 57.5 Å². The Labute approximate surface area is 617 Å². The third-order valence-corrected chi connectivity index (χ3v) is 21.6. The van der Waals surface area contributed by atoms with Gasteiger partial charge in [0.15, 0.2) is 0 Å². The van der Waals surface area contributed by atoms with E-state index in [0.717, 1.165) is 102 Å². The topological polar surface area (TPSA) is 281 Å². The van der Waals surface area contributed by atoms with Gasteiger partial charge in [-0.1, -0.05) is 57.8 Å². The second-order valence-electron chi connectivity index (χ2n) is 31.4. The Balaban J connectivity index is 0.000000159. The van der Waals surface area contributed by atoms with E-state index in [1.807, 2.05) is 46.4 Å². The first-order valence-electron chi connectivity index (χ1n) is 35.2. The Kier molecular flexibility index (Phi) is 21.3. The van der Waals surface area contributed by atoms with Crippen molar-refractivity contribution in [1.29, 1.82) is 0 Å². The number of nitrogens with zero attached hydrogens (tertiary/aromatic N) is 7. The number of nitrogens with two attached hydrogens (primary N) is 1. The van der Waals surface area contributed by atoms with Crippen LogP contribution in [0.25, 0.3) is 0 Å². The third-order valence-electron chi connectivity index (χ3n) is 21.6. The minimum absolute atomic E-state index is 0. The molecule has 21 heteroatoms. The molecule has 6 aromatic rings. The number of carbonyl (C=O) groups excluding carboxylic acids is 3. The van der Waals surface area contributed by atoms with Crippen molar-refractivity contribution in [3.63, 3.8) is 0 Å². The second-order valence-corrected chi connectivity index (χ2v) is 31.4. The summed E-state index contributed by atoms with van der Waals surface area (Å²) in [5, 5.41) is 24.4. The van der Waals surface area contributed by atoms with Gasteiger partial charge in [0, 0.05) is 67.7 Å². The molecule has 3 spiro atoms. The average molecular weight is 1350 g/mol. The number of amides is 3. The number of ether oxygens (including phenoxy) is 1. The first kappa shape index (κ1) is 73.5. The number of nitrogen functional groups attached to an aromatic ring is 1. The van der Waals surface area contributed by atoms with Crippen LogP contribution in [0.4, 0.5) is 56.8 Å². The van der Waals surface area contributed by atoms with Crippen molar-refractivity contribution in [3.05, 3.63) is 122 Å². The van der Waals surface area contributed by atoms with Crippen molar-refractivity contribution >= 4 is 69.9 Å². The van der Waals surface area contributed by atoms with Crippen molar-refractivity contribution in [1.82, 2.24) is 45.4 Å². The molecule has 0 atom stereocenters. The number of aromatic nitrogens is 6. The molecule has 10 N–H and O–H groups in total. The zero-order valence-corrected chi connectivity index (χ0v) is 63.7. The summed E-state index contributed by atoms with van der Waals surface area (Å²) in [6, 6.07) is 13.4. The number of hydrogen-bond acceptors (Lipinski definition) is 17. The van der Waals surface area contributed by atoms with E-state index in [9.17, 15) is 14.4 Å². The zero-order valence-electron chi connectivity index (χ0n) is 60.6. The molecule has 0 radical (unpaired) electrons. The normalized spacial score (nSPS) is 19.8. The van der Waals surface area contributed by atoms with E-state index in [1.54, 1.807) is 0 Å². The van der Waals surface area contributed by atoms with Crippen LogP contribution < -0.4 is 94.3 Å². The number of hydrogen-bond donors (Lipinski definition) is 8. The first-order valence-corrected chi connectivity index (χ1v) is 35.2. The minimum Gasteiger partial charge on any atom is -0.870 e. The fraction of sp³-hybridized carbons (Fsp3) is 0.566. The first-order chi connectivity index (χ1) is 44.9. The minimum atomic E-state index is -0.573. The molecule has 514 valence electrons. The zero-order chi connectivity index (χ0) is 67.8. The van der Waals surface area contributed by atoms with E-state index >= 15 is 0 Å². The molecular weight excluding hydrogens is 1240 g/mol. The standard InChI is InChI=1S/C30H41N5O3.C25H33N5O.C21H29N5.K.H2O/c1-18-15-21(33-24-19(2)25(32-17-31-24)34-26(36)20-11-12-20)16-22-23(18)29(6,7)35(27(37)38-28(3,4)5)30(22)13-9-8-10-14-30;1-15-12-18(13-19-20(15)24(3,4)30-25(19)10-6-5-7-11-25)28-21-16(2)22(27-14-26-21)29-23(31)17-8-9-17;1-13-10-15(25-19-14(2)18(22)23-12-24-19)11-16-17(13)20(3,4)26-21(16)8-6-5-7-9-21;;/h15-17,20H,8-14H2,1-7H3,(H2,31,32,33,34,36);12-14,17,30H,5-11H2,1-4H3,(H2,26,27,28,29,31);10-12,26H,5-9H2,1-4H3,(H3,22,23,24,25);;1H2/q;;;+1;/p-1. The van der Waals surface area contributed by atoms with Gasteiger partial charge in [-0.05, 0) is 255 Å². The maximum atomic E-state index is 13.8. The molecule has 14 rings (SSSR count). The summed E-state index contributed by atoms with van der Waals surface area (Å²) in [5.41, 5.74) is 22.1. The Morgan fingerprint density at radius 1 is 0.495 bits per heavy atom. The molecule has 5 saturated carbocycles. The van der Waals surface area contributed by atoms with Crippen LogP contribution in [-0.4, -0.2) is 63.8 Å². The summed E-state index contributed by atoms with van der Waals surface area (Å²) in [6.45, 7) is 31.7. The number of rotatable bonds is 10. The van der Waals surface area contributed by atoms with Crippen LogP contribution in [0.1, 0.15) is 251 Å². The van der Waals surface area contributed by atoms with Gasteiger partial charge in [0.1, 0.15) is 59.5 Å². The van der Waals surface area contributed by atoms with Crippen molar-refractivity contribution in [2.45, 2.75) is 265 Å². The van der Waals surface area contributed by atoms with Crippen molar-refractivity contribution < 1.29 is 76.0 Å². The van der Waals surface area contributed by atoms with Gasteiger partial charge in [-0.3, -0.25) is 25.1 Å². The van der Waals surface area contributed by atoms with Gasteiger partial charge in [-0.2, -0.15) is 0 Å². The Morgan fingerprint density at radius 3 is 1.24 bits per heavy atom. The summed E-state index contributed by atoms with van der Waals surface area (Å²) in [7, 11) is 0. The number of anilines is 9. The molecule has 3 aromatic heterocycles. The fourth-order valence-corrected chi connectivity index (χ4v) is 17.4. The number of fused-ring (bicyclic) bond motifs is 6. The van der Waals surface area contributed by atoms with Gasteiger partial charge in [0.25, 0.3) is 0 Å².